The largest absolute Gasteiger partial charge is 0.478 e. The second kappa shape index (κ2) is 6.17. The summed E-state index contributed by atoms with van der Waals surface area (Å²) >= 11 is 0. The van der Waals surface area contributed by atoms with Crippen molar-refractivity contribution in [1.29, 1.82) is 0 Å². The first-order valence-electron chi connectivity index (χ1n) is 6.27. The molecule has 20 heavy (non-hydrogen) atoms. The van der Waals surface area contributed by atoms with Gasteiger partial charge in [-0.3, -0.25) is 14.7 Å². The Balaban J connectivity index is 2.10. The fourth-order valence-corrected chi connectivity index (χ4v) is 2.14. The summed E-state index contributed by atoms with van der Waals surface area (Å²) < 4.78 is 0. The Morgan fingerprint density at radius 2 is 2.05 bits per heavy atom. The molecule has 1 fully saturated rings. The van der Waals surface area contributed by atoms with Gasteiger partial charge in [-0.25, -0.2) is 4.79 Å². The van der Waals surface area contributed by atoms with Crippen molar-refractivity contribution in [1.82, 2.24) is 14.8 Å². The third-order valence-electron chi connectivity index (χ3n) is 3.22. The van der Waals surface area contributed by atoms with Crippen LogP contribution in [0.15, 0.2) is 18.3 Å². The zero-order chi connectivity index (χ0) is 14.5. The number of carbonyl (C=O) groups is 2. The van der Waals surface area contributed by atoms with Gasteiger partial charge in [0.2, 0.25) is 0 Å². The molecule has 0 atom stereocenters. The molecule has 6 heteroatoms. The number of amides is 1. The van der Waals surface area contributed by atoms with Gasteiger partial charge in [0.05, 0.1) is 12.1 Å². The average molecular weight is 273 g/mol. The number of rotatable bonds is 3. The molecule has 1 saturated heterocycles. The highest BCUT2D eigenvalue weighted by molar-refractivity contribution is 6.03. The molecule has 0 unspecified atom stereocenters. The number of aromatic nitrogens is 1. The van der Waals surface area contributed by atoms with E-state index in [9.17, 15) is 9.59 Å². The number of piperazine rings is 1. The van der Waals surface area contributed by atoms with Crippen molar-refractivity contribution in [3.05, 3.63) is 29.6 Å². The molecule has 104 valence electrons. The van der Waals surface area contributed by atoms with Gasteiger partial charge in [0.15, 0.2) is 0 Å². The Kier molecular flexibility index (Phi) is 4.33. The van der Waals surface area contributed by atoms with Gasteiger partial charge in [0.1, 0.15) is 5.69 Å². The number of nitrogens with zero attached hydrogens (tertiary/aromatic N) is 3. The molecule has 2 heterocycles. The average Bonchev–Trinajstić information content (AvgIpc) is 2.47. The van der Waals surface area contributed by atoms with Crippen LogP contribution in [0.1, 0.15) is 20.8 Å². The predicted octanol–water partition coefficient (Wildman–Crippen LogP) is 0.171. The van der Waals surface area contributed by atoms with E-state index in [0.717, 1.165) is 0 Å². The molecule has 1 aliphatic heterocycles. The van der Waals surface area contributed by atoms with Crippen LogP contribution in [0.3, 0.4) is 0 Å². The topological polar surface area (TPSA) is 73.7 Å². The highest BCUT2D eigenvalue weighted by Crippen LogP contribution is 2.11. The summed E-state index contributed by atoms with van der Waals surface area (Å²) in [4.78, 5) is 31.0. The number of hydrogen-bond donors (Lipinski definition) is 1. The van der Waals surface area contributed by atoms with Crippen molar-refractivity contribution in [2.24, 2.45) is 0 Å². The summed E-state index contributed by atoms with van der Waals surface area (Å²) in [7, 11) is 0. The number of carboxylic acid groups (broad SMARTS) is 1. The third-order valence-corrected chi connectivity index (χ3v) is 3.22. The molecule has 6 nitrogen and oxygen atoms in total. The van der Waals surface area contributed by atoms with Gasteiger partial charge in [-0.05, 0) is 12.1 Å². The number of aromatic carboxylic acids is 1. The Morgan fingerprint density at radius 1 is 1.35 bits per heavy atom. The molecule has 0 bridgehead atoms. The van der Waals surface area contributed by atoms with E-state index in [1.807, 2.05) is 0 Å². The van der Waals surface area contributed by atoms with Crippen molar-refractivity contribution >= 4 is 11.9 Å². The van der Waals surface area contributed by atoms with Crippen LogP contribution in [0.2, 0.25) is 0 Å². The third kappa shape index (κ3) is 2.95. The summed E-state index contributed by atoms with van der Waals surface area (Å²) in [5, 5.41) is 9.08. The second-order valence-electron chi connectivity index (χ2n) is 4.48. The first-order valence-corrected chi connectivity index (χ1v) is 6.27. The van der Waals surface area contributed by atoms with E-state index in [1.54, 1.807) is 4.90 Å². The van der Waals surface area contributed by atoms with Gasteiger partial charge in [-0.15, -0.1) is 6.42 Å². The normalized spacial score (nSPS) is 15.7. The number of carboxylic acids is 1. The monoisotopic (exact) mass is 273 g/mol. The Hall–Kier alpha value is -2.39. The highest BCUT2D eigenvalue weighted by Gasteiger charge is 2.25. The molecule has 2 rings (SSSR count). The van der Waals surface area contributed by atoms with Crippen LogP contribution in [0.4, 0.5) is 0 Å². The SMILES string of the molecule is C#CCN1CCN(C(=O)c2ncccc2C(=O)O)CC1. The van der Waals surface area contributed by atoms with Crippen LogP contribution in [-0.4, -0.2) is 64.5 Å². The van der Waals surface area contributed by atoms with Gasteiger partial charge in [-0.1, -0.05) is 5.92 Å². The van der Waals surface area contributed by atoms with Gasteiger partial charge in [-0.2, -0.15) is 0 Å². The fourth-order valence-electron chi connectivity index (χ4n) is 2.14. The van der Waals surface area contributed by atoms with Gasteiger partial charge >= 0.3 is 5.97 Å². The molecule has 0 spiro atoms. The maximum atomic E-state index is 12.3. The van der Waals surface area contributed by atoms with E-state index in [2.05, 4.69) is 15.8 Å². The van der Waals surface area contributed by atoms with Crippen molar-refractivity contribution in [2.75, 3.05) is 32.7 Å². The van der Waals surface area contributed by atoms with Crippen molar-refractivity contribution in [2.45, 2.75) is 0 Å². The molecule has 1 N–H and O–H groups in total. The minimum Gasteiger partial charge on any atom is -0.478 e. The molecule has 0 radical (unpaired) electrons. The lowest BCUT2D eigenvalue weighted by Gasteiger charge is -2.33. The lowest BCUT2D eigenvalue weighted by molar-refractivity contribution is 0.0621. The summed E-state index contributed by atoms with van der Waals surface area (Å²) in [6, 6.07) is 2.89. The van der Waals surface area contributed by atoms with Crippen LogP contribution < -0.4 is 0 Å². The molecule has 1 amide bonds. The molecule has 1 aliphatic rings. The Bertz CT molecular complexity index is 557. The van der Waals surface area contributed by atoms with Crippen molar-refractivity contribution in [3.8, 4) is 12.3 Å². The minimum atomic E-state index is -1.15. The molecule has 1 aromatic rings. The Morgan fingerprint density at radius 3 is 2.65 bits per heavy atom. The number of pyridine rings is 1. The highest BCUT2D eigenvalue weighted by atomic mass is 16.4. The number of carbonyl (C=O) groups excluding carboxylic acids is 1. The molecule has 0 saturated carbocycles. The van der Waals surface area contributed by atoms with E-state index >= 15 is 0 Å². The van der Waals surface area contributed by atoms with E-state index in [4.69, 9.17) is 11.5 Å². The van der Waals surface area contributed by atoms with Crippen molar-refractivity contribution < 1.29 is 14.7 Å². The number of terminal acetylenes is 1. The maximum absolute atomic E-state index is 12.3. The fraction of sp³-hybridized carbons (Fsp3) is 0.357. The van der Waals surface area contributed by atoms with E-state index < -0.39 is 5.97 Å². The smallest absolute Gasteiger partial charge is 0.338 e. The van der Waals surface area contributed by atoms with Crippen LogP contribution in [0.25, 0.3) is 0 Å². The van der Waals surface area contributed by atoms with Crippen molar-refractivity contribution in [3.63, 3.8) is 0 Å². The van der Waals surface area contributed by atoms with E-state index in [-0.39, 0.29) is 17.2 Å². The second-order valence-corrected chi connectivity index (χ2v) is 4.48. The molecular formula is C14H15N3O3. The lowest BCUT2D eigenvalue weighted by atomic mass is 10.1. The van der Waals surface area contributed by atoms with E-state index in [1.165, 1.54) is 18.3 Å². The van der Waals surface area contributed by atoms with E-state index in [0.29, 0.717) is 32.7 Å². The predicted molar refractivity (Wildman–Crippen MR) is 72.4 cm³/mol. The minimum absolute atomic E-state index is 0.00889. The van der Waals surface area contributed by atoms with Crippen LogP contribution >= 0.6 is 0 Å². The van der Waals surface area contributed by atoms with Gasteiger partial charge < -0.3 is 10.0 Å². The first kappa shape index (κ1) is 14.0. The summed E-state index contributed by atoms with van der Waals surface area (Å²) in [6.07, 6.45) is 6.68. The standard InChI is InChI=1S/C14H15N3O3/c1-2-6-16-7-9-17(10-8-16)13(18)12-11(14(19)20)4-3-5-15-12/h1,3-5H,6-10H2,(H,19,20). The van der Waals surface area contributed by atoms with Gasteiger partial charge in [0.25, 0.3) is 5.91 Å². The zero-order valence-electron chi connectivity index (χ0n) is 11.0. The molecule has 0 aliphatic carbocycles. The quantitative estimate of drug-likeness (QED) is 0.795. The lowest BCUT2D eigenvalue weighted by Crippen LogP contribution is -2.49. The Labute approximate surface area is 117 Å². The first-order chi connectivity index (χ1) is 9.63. The molecular weight excluding hydrogens is 258 g/mol. The van der Waals surface area contributed by atoms with Crippen LogP contribution in [0.5, 0.6) is 0 Å². The zero-order valence-corrected chi connectivity index (χ0v) is 11.0. The number of hydrogen-bond acceptors (Lipinski definition) is 4. The maximum Gasteiger partial charge on any atom is 0.338 e. The summed E-state index contributed by atoms with van der Waals surface area (Å²) in [5.41, 5.74) is -0.0750. The van der Waals surface area contributed by atoms with Crippen LogP contribution in [0, 0.1) is 12.3 Å². The summed E-state index contributed by atoms with van der Waals surface area (Å²) in [5.74, 6) is 1.08. The van der Waals surface area contributed by atoms with Crippen LogP contribution in [-0.2, 0) is 0 Å². The molecule has 0 aromatic carbocycles. The van der Waals surface area contributed by atoms with Gasteiger partial charge in [0, 0.05) is 32.4 Å². The summed E-state index contributed by atoms with van der Waals surface area (Å²) in [6.45, 7) is 2.98. The molecule has 1 aromatic heterocycles.